The van der Waals surface area contributed by atoms with Crippen molar-refractivity contribution >= 4 is 46.4 Å². The van der Waals surface area contributed by atoms with E-state index in [1.807, 2.05) is 45.0 Å². The van der Waals surface area contributed by atoms with E-state index in [0.29, 0.717) is 5.13 Å². The van der Waals surface area contributed by atoms with Gasteiger partial charge in [0.25, 0.3) is 0 Å². The maximum Gasteiger partial charge on any atom is 0.230 e. The zero-order chi connectivity index (χ0) is 16.3. The Balaban J connectivity index is 0.00000264. The zero-order valence-corrected chi connectivity index (χ0v) is 15.7. The largest absolute Gasteiger partial charge is 0.327 e. The van der Waals surface area contributed by atoms with Gasteiger partial charge in [-0.25, -0.2) is 4.98 Å². The number of nitrogens with two attached hydrogens (primary N) is 1. The van der Waals surface area contributed by atoms with Crippen molar-refractivity contribution in [1.29, 1.82) is 0 Å². The van der Waals surface area contributed by atoms with Crippen LogP contribution in [-0.2, 0) is 11.2 Å². The van der Waals surface area contributed by atoms with Gasteiger partial charge in [-0.2, -0.15) is 0 Å². The summed E-state index contributed by atoms with van der Waals surface area (Å²) >= 11 is 7.50. The standard InChI is InChI=1S/C16H20ClN3OS.ClH/c1-9(10(2)18)15(21)20-16-19-11(3)14(22-16)8-12-5-4-6-13(17)7-12;/h4-7,9-10H,8,18H2,1-3H3,(H,19,20,21);1H. The van der Waals surface area contributed by atoms with E-state index in [2.05, 4.69) is 10.3 Å². The number of nitrogens with zero attached hydrogens (tertiary/aromatic N) is 1. The van der Waals surface area contributed by atoms with Crippen molar-refractivity contribution in [2.45, 2.75) is 33.2 Å². The number of rotatable bonds is 5. The molecule has 126 valence electrons. The number of benzene rings is 1. The quantitative estimate of drug-likeness (QED) is 0.830. The Kier molecular flexibility index (Phi) is 7.48. The fourth-order valence-electron chi connectivity index (χ4n) is 1.94. The molecule has 23 heavy (non-hydrogen) atoms. The van der Waals surface area contributed by atoms with Crippen molar-refractivity contribution in [2.24, 2.45) is 11.7 Å². The Morgan fingerprint density at radius 1 is 1.43 bits per heavy atom. The molecule has 0 aliphatic carbocycles. The predicted octanol–water partition coefficient (Wildman–Crippen LogP) is 4.04. The molecule has 2 atom stereocenters. The molecule has 1 amide bonds. The predicted molar refractivity (Wildman–Crippen MR) is 99.8 cm³/mol. The van der Waals surface area contributed by atoms with Crippen LogP contribution in [0.1, 0.15) is 30.0 Å². The van der Waals surface area contributed by atoms with Crippen molar-refractivity contribution in [3.63, 3.8) is 0 Å². The van der Waals surface area contributed by atoms with Crippen LogP contribution in [0.3, 0.4) is 0 Å². The Morgan fingerprint density at radius 2 is 2.13 bits per heavy atom. The topological polar surface area (TPSA) is 68.0 Å². The lowest BCUT2D eigenvalue weighted by atomic mass is 10.0. The summed E-state index contributed by atoms with van der Waals surface area (Å²) < 4.78 is 0. The normalized spacial score (nSPS) is 13.1. The van der Waals surface area contributed by atoms with Crippen molar-refractivity contribution in [2.75, 3.05) is 5.32 Å². The van der Waals surface area contributed by atoms with Gasteiger partial charge in [-0.3, -0.25) is 4.79 Å². The van der Waals surface area contributed by atoms with Gasteiger partial charge in [0.2, 0.25) is 5.91 Å². The number of hydrogen-bond donors (Lipinski definition) is 2. The maximum atomic E-state index is 12.0. The number of anilines is 1. The molecular weight excluding hydrogens is 353 g/mol. The van der Waals surface area contributed by atoms with Gasteiger partial charge < -0.3 is 11.1 Å². The summed E-state index contributed by atoms with van der Waals surface area (Å²) in [6.07, 6.45) is 0.753. The van der Waals surface area contributed by atoms with Gasteiger partial charge in [0.1, 0.15) is 0 Å². The van der Waals surface area contributed by atoms with Gasteiger partial charge in [0, 0.05) is 22.4 Å². The molecule has 1 heterocycles. The van der Waals surface area contributed by atoms with Crippen LogP contribution in [0.25, 0.3) is 0 Å². The molecule has 2 aromatic rings. The van der Waals surface area contributed by atoms with E-state index in [9.17, 15) is 4.79 Å². The molecule has 2 rings (SSSR count). The van der Waals surface area contributed by atoms with Crippen LogP contribution in [0.15, 0.2) is 24.3 Å². The minimum atomic E-state index is -0.249. The third kappa shape index (κ3) is 5.46. The summed E-state index contributed by atoms with van der Waals surface area (Å²) in [5.74, 6) is -0.348. The number of aryl methyl sites for hydroxylation is 1. The second-order valence-corrected chi connectivity index (χ2v) is 6.99. The van der Waals surface area contributed by atoms with Crippen LogP contribution in [0, 0.1) is 12.8 Å². The van der Waals surface area contributed by atoms with Gasteiger partial charge >= 0.3 is 0 Å². The number of carbonyl (C=O) groups is 1. The summed E-state index contributed by atoms with van der Waals surface area (Å²) in [4.78, 5) is 17.6. The molecule has 2 unspecified atom stereocenters. The Hall–Kier alpha value is -1.14. The van der Waals surface area contributed by atoms with E-state index in [1.54, 1.807) is 0 Å². The first-order valence-corrected chi connectivity index (χ1v) is 8.33. The fourth-order valence-corrected chi connectivity index (χ4v) is 3.15. The molecule has 0 aliphatic rings. The van der Waals surface area contributed by atoms with Crippen molar-refractivity contribution in [3.8, 4) is 0 Å². The Bertz CT molecular complexity index is 673. The lowest BCUT2D eigenvalue weighted by Crippen LogP contribution is -2.34. The highest BCUT2D eigenvalue weighted by atomic mass is 35.5. The average molecular weight is 374 g/mol. The van der Waals surface area contributed by atoms with E-state index in [1.165, 1.54) is 11.3 Å². The monoisotopic (exact) mass is 373 g/mol. The fraction of sp³-hybridized carbons (Fsp3) is 0.375. The molecule has 4 nitrogen and oxygen atoms in total. The minimum absolute atomic E-state index is 0. The highest BCUT2D eigenvalue weighted by Gasteiger charge is 2.19. The molecule has 0 spiro atoms. The minimum Gasteiger partial charge on any atom is -0.327 e. The summed E-state index contributed by atoms with van der Waals surface area (Å²) in [7, 11) is 0. The van der Waals surface area contributed by atoms with E-state index in [0.717, 1.165) is 27.6 Å². The van der Waals surface area contributed by atoms with E-state index >= 15 is 0 Å². The third-order valence-electron chi connectivity index (χ3n) is 3.58. The van der Waals surface area contributed by atoms with Crippen molar-refractivity contribution < 1.29 is 4.79 Å². The van der Waals surface area contributed by atoms with Crippen LogP contribution in [-0.4, -0.2) is 16.9 Å². The molecular formula is C16H21Cl2N3OS. The highest BCUT2D eigenvalue weighted by molar-refractivity contribution is 7.15. The molecule has 0 saturated carbocycles. The summed E-state index contributed by atoms with van der Waals surface area (Å²) in [5.41, 5.74) is 7.80. The first-order chi connectivity index (χ1) is 10.4. The SMILES string of the molecule is Cc1nc(NC(=O)C(C)C(C)N)sc1Cc1cccc(Cl)c1.Cl. The van der Waals surface area contributed by atoms with Gasteiger partial charge in [0.05, 0.1) is 11.6 Å². The number of thiazole rings is 1. The summed E-state index contributed by atoms with van der Waals surface area (Å²) in [6.45, 7) is 5.58. The molecule has 7 heteroatoms. The van der Waals surface area contributed by atoms with E-state index < -0.39 is 0 Å². The van der Waals surface area contributed by atoms with E-state index in [-0.39, 0.29) is 30.3 Å². The third-order valence-corrected chi connectivity index (χ3v) is 4.89. The van der Waals surface area contributed by atoms with Crippen LogP contribution < -0.4 is 11.1 Å². The number of carbonyl (C=O) groups excluding carboxylic acids is 1. The van der Waals surface area contributed by atoms with Crippen LogP contribution in [0.2, 0.25) is 5.02 Å². The number of nitrogens with one attached hydrogen (secondary N) is 1. The van der Waals surface area contributed by atoms with Crippen LogP contribution in [0.5, 0.6) is 0 Å². The summed E-state index contributed by atoms with van der Waals surface area (Å²) in [6, 6.07) is 7.57. The lowest BCUT2D eigenvalue weighted by molar-refractivity contribution is -0.119. The molecule has 0 aliphatic heterocycles. The number of hydrogen-bond acceptors (Lipinski definition) is 4. The number of aromatic nitrogens is 1. The molecule has 1 aromatic carbocycles. The average Bonchev–Trinajstić information content (AvgIpc) is 2.77. The van der Waals surface area contributed by atoms with Gasteiger partial charge in [-0.1, -0.05) is 30.7 Å². The molecule has 3 N–H and O–H groups in total. The van der Waals surface area contributed by atoms with Gasteiger partial charge in [-0.05, 0) is 31.5 Å². The number of halogens is 2. The maximum absolute atomic E-state index is 12.0. The first kappa shape index (κ1) is 19.9. The highest BCUT2D eigenvalue weighted by Crippen LogP contribution is 2.26. The summed E-state index contributed by atoms with van der Waals surface area (Å²) in [5, 5.41) is 4.18. The zero-order valence-electron chi connectivity index (χ0n) is 13.3. The number of amides is 1. The molecule has 0 fully saturated rings. The van der Waals surface area contributed by atoms with Crippen molar-refractivity contribution in [1.82, 2.24) is 4.98 Å². The van der Waals surface area contributed by atoms with Crippen LogP contribution >= 0.6 is 35.3 Å². The molecule has 0 saturated heterocycles. The lowest BCUT2D eigenvalue weighted by Gasteiger charge is -2.13. The van der Waals surface area contributed by atoms with Crippen molar-refractivity contribution in [3.05, 3.63) is 45.4 Å². The Morgan fingerprint density at radius 3 is 2.74 bits per heavy atom. The first-order valence-electron chi connectivity index (χ1n) is 7.14. The van der Waals surface area contributed by atoms with Gasteiger partial charge in [0.15, 0.2) is 5.13 Å². The Labute approximate surface area is 151 Å². The van der Waals surface area contributed by atoms with Gasteiger partial charge in [-0.15, -0.1) is 23.7 Å². The molecule has 1 aromatic heterocycles. The smallest absolute Gasteiger partial charge is 0.230 e. The second-order valence-electron chi connectivity index (χ2n) is 5.47. The van der Waals surface area contributed by atoms with Crippen LogP contribution in [0.4, 0.5) is 5.13 Å². The molecule has 0 bridgehead atoms. The second kappa shape index (κ2) is 8.64. The molecule has 0 radical (unpaired) electrons. The van der Waals surface area contributed by atoms with E-state index in [4.69, 9.17) is 17.3 Å².